The number of aryl methyl sites for hydroxylation is 1. The molecule has 6 nitrogen and oxygen atoms in total. The Labute approximate surface area is 241 Å². The Balaban J connectivity index is 0.00000168. The Hall–Kier alpha value is -2.35. The van der Waals surface area contributed by atoms with Gasteiger partial charge in [0, 0.05) is 60.1 Å². The van der Waals surface area contributed by atoms with Gasteiger partial charge in [-0.1, -0.05) is 29.8 Å². The number of aromatic amines is 1. The van der Waals surface area contributed by atoms with E-state index < -0.39 is 0 Å². The number of nitrogens with zero attached hydrogens (tertiary/aromatic N) is 3. The van der Waals surface area contributed by atoms with Crippen LogP contribution in [0, 0.1) is 6.92 Å². The largest absolute Gasteiger partial charge is 0.360 e. The van der Waals surface area contributed by atoms with E-state index in [1.54, 1.807) is 6.20 Å². The van der Waals surface area contributed by atoms with Crippen molar-refractivity contribution >= 4 is 59.0 Å². The van der Waals surface area contributed by atoms with Gasteiger partial charge in [-0.15, -0.1) is 24.8 Å². The lowest BCUT2D eigenvalue weighted by Crippen LogP contribution is -2.53. The first kappa shape index (κ1) is 28.7. The van der Waals surface area contributed by atoms with E-state index >= 15 is 0 Å². The third-order valence-electron chi connectivity index (χ3n) is 7.20. The number of nitrogens with one attached hydrogen (secondary N) is 3. The quantitative estimate of drug-likeness (QED) is 0.227. The third kappa shape index (κ3) is 6.27. The number of rotatable bonds is 6. The second-order valence-electron chi connectivity index (χ2n) is 10.7. The van der Waals surface area contributed by atoms with Crippen LogP contribution in [0.15, 0.2) is 48.8 Å². The maximum absolute atomic E-state index is 6.58. The van der Waals surface area contributed by atoms with Gasteiger partial charge in [-0.2, -0.15) is 0 Å². The molecule has 2 aliphatic rings. The zero-order valence-electron chi connectivity index (χ0n) is 21.9. The molecule has 202 valence electrons. The molecular weight excluding hydrogens is 539 g/mol. The van der Waals surface area contributed by atoms with Gasteiger partial charge in [-0.25, -0.2) is 9.97 Å². The Bertz CT molecular complexity index is 1410. The molecule has 0 amide bonds. The summed E-state index contributed by atoms with van der Waals surface area (Å²) in [6.07, 6.45) is 6.20. The van der Waals surface area contributed by atoms with Crippen LogP contribution in [0.4, 0.5) is 11.6 Å². The molecule has 2 aromatic carbocycles. The molecule has 0 spiro atoms. The molecule has 0 unspecified atom stereocenters. The Kier molecular flexibility index (Phi) is 8.90. The van der Waals surface area contributed by atoms with Crippen molar-refractivity contribution in [3.63, 3.8) is 0 Å². The fourth-order valence-corrected chi connectivity index (χ4v) is 5.74. The van der Waals surface area contributed by atoms with Gasteiger partial charge in [-0.05, 0) is 74.4 Å². The van der Waals surface area contributed by atoms with Crippen LogP contribution in [-0.4, -0.2) is 45.0 Å². The first-order valence-electron chi connectivity index (χ1n) is 12.9. The second kappa shape index (κ2) is 11.8. The average molecular weight is 574 g/mol. The van der Waals surface area contributed by atoms with Gasteiger partial charge in [0.05, 0.1) is 16.9 Å². The number of hydrogen-bond donors (Lipinski definition) is 3. The van der Waals surface area contributed by atoms with Crippen LogP contribution in [0.25, 0.3) is 22.2 Å². The molecule has 1 saturated heterocycles. The van der Waals surface area contributed by atoms with Crippen molar-refractivity contribution in [3.8, 4) is 11.3 Å². The van der Waals surface area contributed by atoms with E-state index in [4.69, 9.17) is 16.6 Å². The SMILES string of the molecule is Cc1ccc2c(-c3nc(Nc4cc(CN5C[C@@H](C)N[C@@H](C)C5)cc(C5CC5)c4)ncc3Cl)c[nH]c2c1.Cl.Cl. The smallest absolute Gasteiger partial charge is 0.227 e. The van der Waals surface area contributed by atoms with Crippen LogP contribution in [0.5, 0.6) is 0 Å². The Morgan fingerprint density at radius 3 is 2.55 bits per heavy atom. The monoisotopic (exact) mass is 572 g/mol. The van der Waals surface area contributed by atoms with Crippen molar-refractivity contribution in [1.82, 2.24) is 25.2 Å². The van der Waals surface area contributed by atoms with Gasteiger partial charge in [-0.3, -0.25) is 4.90 Å². The van der Waals surface area contributed by atoms with Gasteiger partial charge < -0.3 is 15.6 Å². The Morgan fingerprint density at radius 1 is 1.05 bits per heavy atom. The molecule has 0 bridgehead atoms. The summed E-state index contributed by atoms with van der Waals surface area (Å²) >= 11 is 6.58. The average Bonchev–Trinajstić information content (AvgIpc) is 3.60. The first-order chi connectivity index (χ1) is 17.4. The highest BCUT2D eigenvalue weighted by atomic mass is 35.5. The van der Waals surface area contributed by atoms with Crippen molar-refractivity contribution in [3.05, 3.63) is 70.5 Å². The van der Waals surface area contributed by atoms with E-state index in [1.807, 2.05) is 6.20 Å². The van der Waals surface area contributed by atoms with Gasteiger partial charge in [0.15, 0.2) is 0 Å². The molecule has 0 radical (unpaired) electrons. The summed E-state index contributed by atoms with van der Waals surface area (Å²) in [6.45, 7) is 9.70. The fraction of sp³-hybridized carbons (Fsp3) is 0.379. The van der Waals surface area contributed by atoms with Crippen molar-refractivity contribution in [2.24, 2.45) is 0 Å². The summed E-state index contributed by atoms with van der Waals surface area (Å²) in [5, 5.41) is 8.76. The number of fused-ring (bicyclic) bond motifs is 1. The van der Waals surface area contributed by atoms with Gasteiger partial charge in [0.2, 0.25) is 5.95 Å². The molecular formula is C29H35Cl3N6. The predicted molar refractivity (Wildman–Crippen MR) is 163 cm³/mol. The number of halogens is 3. The number of H-pyrrole nitrogens is 1. The van der Waals surface area contributed by atoms with Crippen LogP contribution < -0.4 is 10.6 Å². The minimum Gasteiger partial charge on any atom is -0.360 e. The third-order valence-corrected chi connectivity index (χ3v) is 7.47. The molecule has 3 N–H and O–H groups in total. The first-order valence-corrected chi connectivity index (χ1v) is 13.3. The summed E-state index contributed by atoms with van der Waals surface area (Å²) in [6, 6.07) is 14.3. The molecule has 38 heavy (non-hydrogen) atoms. The number of aromatic nitrogens is 3. The topological polar surface area (TPSA) is 68.9 Å². The van der Waals surface area contributed by atoms with E-state index in [1.165, 1.54) is 29.5 Å². The molecule has 1 aliphatic heterocycles. The lowest BCUT2D eigenvalue weighted by Gasteiger charge is -2.36. The van der Waals surface area contributed by atoms with Crippen LogP contribution in [-0.2, 0) is 6.54 Å². The van der Waals surface area contributed by atoms with Crippen LogP contribution in [0.1, 0.15) is 49.3 Å². The molecule has 9 heteroatoms. The molecule has 1 saturated carbocycles. The summed E-state index contributed by atoms with van der Waals surface area (Å²) < 4.78 is 0. The van der Waals surface area contributed by atoms with E-state index in [9.17, 15) is 0 Å². The van der Waals surface area contributed by atoms with Crippen molar-refractivity contribution in [2.75, 3.05) is 18.4 Å². The highest BCUT2D eigenvalue weighted by Crippen LogP contribution is 2.42. The highest BCUT2D eigenvalue weighted by Gasteiger charge is 2.26. The van der Waals surface area contributed by atoms with E-state index in [0.29, 0.717) is 29.0 Å². The zero-order chi connectivity index (χ0) is 24.8. The van der Waals surface area contributed by atoms with E-state index in [-0.39, 0.29) is 24.8 Å². The Morgan fingerprint density at radius 2 is 1.82 bits per heavy atom. The highest BCUT2D eigenvalue weighted by molar-refractivity contribution is 6.33. The van der Waals surface area contributed by atoms with Crippen molar-refractivity contribution in [1.29, 1.82) is 0 Å². The maximum atomic E-state index is 6.58. The second-order valence-corrected chi connectivity index (χ2v) is 11.1. The van der Waals surface area contributed by atoms with Crippen LogP contribution in [0.3, 0.4) is 0 Å². The lowest BCUT2D eigenvalue weighted by atomic mass is 10.0. The standard InChI is InChI=1S/C29H33ClN6.2ClH/c1-17-4-7-24-25(12-31-27(24)8-17)28-26(30)13-32-29(35-28)34-23-10-20(9-22(11-23)21-5-6-21)16-36-14-18(2)33-19(3)15-36;;/h4,7-13,18-19,21,31,33H,5-6,14-16H2,1-3H3,(H,32,34,35);2*1H/t18-,19+;;. The van der Waals surface area contributed by atoms with Gasteiger partial charge in [0.1, 0.15) is 0 Å². The summed E-state index contributed by atoms with van der Waals surface area (Å²) in [7, 11) is 0. The normalized spacial score (nSPS) is 19.6. The molecule has 2 atom stereocenters. The number of benzene rings is 2. The van der Waals surface area contributed by atoms with Gasteiger partial charge in [0.25, 0.3) is 0 Å². The van der Waals surface area contributed by atoms with Crippen molar-refractivity contribution < 1.29 is 0 Å². The minimum atomic E-state index is 0. The van der Waals surface area contributed by atoms with E-state index in [2.05, 4.69) is 82.7 Å². The number of piperazine rings is 1. The lowest BCUT2D eigenvalue weighted by molar-refractivity contribution is 0.166. The molecule has 2 aromatic heterocycles. The molecule has 1 aliphatic carbocycles. The summed E-state index contributed by atoms with van der Waals surface area (Å²) in [5.41, 5.74) is 7.78. The maximum Gasteiger partial charge on any atom is 0.227 e. The fourth-order valence-electron chi connectivity index (χ4n) is 5.54. The molecule has 6 rings (SSSR count). The van der Waals surface area contributed by atoms with Crippen LogP contribution >= 0.6 is 36.4 Å². The molecule has 2 fully saturated rings. The van der Waals surface area contributed by atoms with Gasteiger partial charge >= 0.3 is 0 Å². The zero-order valence-corrected chi connectivity index (χ0v) is 24.3. The summed E-state index contributed by atoms with van der Waals surface area (Å²) in [5.74, 6) is 1.22. The summed E-state index contributed by atoms with van der Waals surface area (Å²) in [4.78, 5) is 15.3. The molecule has 3 heterocycles. The predicted octanol–water partition coefficient (Wildman–Crippen LogP) is 7.23. The molecule has 4 aromatic rings. The minimum absolute atomic E-state index is 0. The number of hydrogen-bond acceptors (Lipinski definition) is 5. The van der Waals surface area contributed by atoms with Crippen LogP contribution in [0.2, 0.25) is 5.02 Å². The number of anilines is 2. The van der Waals surface area contributed by atoms with Crippen molar-refractivity contribution in [2.45, 2.75) is 58.2 Å². The van der Waals surface area contributed by atoms with E-state index in [0.717, 1.165) is 47.5 Å².